The van der Waals surface area contributed by atoms with Gasteiger partial charge in [0.25, 0.3) is 5.91 Å². The third-order valence-electron chi connectivity index (χ3n) is 4.36. The van der Waals surface area contributed by atoms with E-state index in [2.05, 4.69) is 15.2 Å². The zero-order valence-corrected chi connectivity index (χ0v) is 14.6. The summed E-state index contributed by atoms with van der Waals surface area (Å²) in [6.07, 6.45) is 1.88. The van der Waals surface area contributed by atoms with Crippen LogP contribution in [0.4, 0.5) is 8.78 Å². The SMILES string of the molecule is CNC(=O)c1ccc2c(c1)c1cn(C)nc1n2-c1ccc(OC(F)F)cc1. The lowest BCUT2D eigenvalue weighted by Gasteiger charge is -2.09. The van der Waals surface area contributed by atoms with Crippen molar-refractivity contribution in [3.63, 3.8) is 0 Å². The molecule has 0 atom stereocenters. The molecule has 1 N–H and O–H groups in total. The molecule has 1 amide bonds. The van der Waals surface area contributed by atoms with E-state index in [4.69, 9.17) is 0 Å². The summed E-state index contributed by atoms with van der Waals surface area (Å²) in [6, 6.07) is 11.8. The molecule has 27 heavy (non-hydrogen) atoms. The van der Waals surface area contributed by atoms with Crippen molar-refractivity contribution in [3.8, 4) is 11.4 Å². The zero-order chi connectivity index (χ0) is 19.1. The van der Waals surface area contributed by atoms with E-state index in [1.54, 1.807) is 29.9 Å². The fourth-order valence-electron chi connectivity index (χ4n) is 3.22. The number of nitrogens with one attached hydrogen (secondary N) is 1. The first-order valence-electron chi connectivity index (χ1n) is 8.23. The van der Waals surface area contributed by atoms with Gasteiger partial charge in [-0.05, 0) is 42.5 Å². The summed E-state index contributed by atoms with van der Waals surface area (Å²) >= 11 is 0. The highest BCUT2D eigenvalue weighted by Gasteiger charge is 2.17. The van der Waals surface area contributed by atoms with Crippen molar-refractivity contribution in [2.75, 3.05) is 7.05 Å². The second-order valence-electron chi connectivity index (χ2n) is 6.06. The summed E-state index contributed by atoms with van der Waals surface area (Å²) in [5.41, 5.74) is 2.88. The van der Waals surface area contributed by atoms with Crippen LogP contribution >= 0.6 is 0 Å². The number of amides is 1. The molecule has 2 aromatic heterocycles. The van der Waals surface area contributed by atoms with Crippen LogP contribution < -0.4 is 10.1 Å². The normalized spacial score (nSPS) is 11.4. The number of hydrogen-bond acceptors (Lipinski definition) is 3. The van der Waals surface area contributed by atoms with Crippen LogP contribution in [0.1, 0.15) is 10.4 Å². The Kier molecular flexibility index (Phi) is 4.02. The lowest BCUT2D eigenvalue weighted by atomic mass is 10.1. The molecule has 2 aromatic carbocycles. The third-order valence-corrected chi connectivity index (χ3v) is 4.36. The number of nitrogens with zero attached hydrogens (tertiary/aromatic N) is 3. The number of carbonyl (C=O) groups excluding carboxylic acids is 1. The molecule has 0 bridgehead atoms. The topological polar surface area (TPSA) is 61.1 Å². The van der Waals surface area contributed by atoms with Crippen LogP contribution in [0.25, 0.3) is 27.6 Å². The summed E-state index contributed by atoms with van der Waals surface area (Å²) in [5.74, 6) is -0.0837. The minimum atomic E-state index is -2.87. The molecule has 0 fully saturated rings. The maximum atomic E-state index is 12.4. The van der Waals surface area contributed by atoms with Crippen LogP contribution in [0.15, 0.2) is 48.7 Å². The van der Waals surface area contributed by atoms with Crippen molar-refractivity contribution in [2.45, 2.75) is 6.61 Å². The number of halogens is 2. The zero-order valence-electron chi connectivity index (χ0n) is 14.6. The highest BCUT2D eigenvalue weighted by molar-refractivity contribution is 6.10. The molecular weight excluding hydrogens is 354 g/mol. The predicted octanol–water partition coefficient (Wildman–Crippen LogP) is 3.48. The Hall–Kier alpha value is -3.42. The molecule has 0 saturated carbocycles. The molecule has 138 valence electrons. The summed E-state index contributed by atoms with van der Waals surface area (Å²) in [5, 5.41) is 8.91. The Bertz CT molecular complexity index is 1150. The first kappa shape index (κ1) is 17.0. The number of benzene rings is 2. The molecule has 0 aliphatic carbocycles. The fraction of sp³-hybridized carbons (Fsp3) is 0.158. The first-order valence-corrected chi connectivity index (χ1v) is 8.23. The van der Waals surface area contributed by atoms with Gasteiger partial charge >= 0.3 is 6.61 Å². The standard InChI is InChI=1S/C19H16F2N4O2/c1-22-18(26)11-3-8-16-14(9-11)15-10-24(2)23-17(15)25(16)12-4-6-13(7-5-12)27-19(20)21/h3-10,19H,1-2H3,(H,22,26). The number of alkyl halides is 2. The summed E-state index contributed by atoms with van der Waals surface area (Å²) < 4.78 is 32.8. The van der Waals surface area contributed by atoms with Gasteiger partial charge in [-0.25, -0.2) is 0 Å². The minimum absolute atomic E-state index is 0.0874. The van der Waals surface area contributed by atoms with Crippen LogP contribution in [0.3, 0.4) is 0 Å². The molecule has 0 radical (unpaired) electrons. The van der Waals surface area contributed by atoms with Crippen LogP contribution in [-0.4, -0.2) is 33.9 Å². The molecule has 0 aliphatic heterocycles. The van der Waals surface area contributed by atoms with Gasteiger partial charge < -0.3 is 10.1 Å². The minimum Gasteiger partial charge on any atom is -0.435 e. The Balaban J connectivity index is 1.92. The summed E-state index contributed by atoms with van der Waals surface area (Å²) in [4.78, 5) is 12.0. The number of ether oxygens (including phenoxy) is 1. The molecule has 6 nitrogen and oxygen atoms in total. The smallest absolute Gasteiger partial charge is 0.387 e. The van der Waals surface area contributed by atoms with E-state index in [0.29, 0.717) is 11.2 Å². The van der Waals surface area contributed by atoms with Gasteiger partial charge in [0.1, 0.15) is 5.75 Å². The van der Waals surface area contributed by atoms with Gasteiger partial charge in [-0.3, -0.25) is 14.0 Å². The monoisotopic (exact) mass is 370 g/mol. The van der Waals surface area contributed by atoms with Crippen LogP contribution in [0.2, 0.25) is 0 Å². The van der Waals surface area contributed by atoms with E-state index in [-0.39, 0.29) is 11.7 Å². The van der Waals surface area contributed by atoms with E-state index >= 15 is 0 Å². The van der Waals surface area contributed by atoms with Gasteiger partial charge in [0.2, 0.25) is 0 Å². The van der Waals surface area contributed by atoms with Crippen molar-refractivity contribution >= 4 is 27.8 Å². The summed E-state index contributed by atoms with van der Waals surface area (Å²) in [6.45, 7) is -2.87. The van der Waals surface area contributed by atoms with Crippen molar-refractivity contribution in [3.05, 3.63) is 54.2 Å². The molecule has 2 heterocycles. The number of aryl methyl sites for hydroxylation is 1. The van der Waals surface area contributed by atoms with Gasteiger partial charge in [0.15, 0.2) is 5.65 Å². The molecular formula is C19H16F2N4O2. The lowest BCUT2D eigenvalue weighted by molar-refractivity contribution is -0.0498. The second kappa shape index (κ2) is 6.39. The molecule has 8 heteroatoms. The largest absolute Gasteiger partial charge is 0.435 e. The van der Waals surface area contributed by atoms with Crippen LogP contribution in [0, 0.1) is 0 Å². The van der Waals surface area contributed by atoms with Crippen molar-refractivity contribution in [1.82, 2.24) is 19.7 Å². The van der Waals surface area contributed by atoms with E-state index < -0.39 is 6.61 Å². The highest BCUT2D eigenvalue weighted by Crippen LogP contribution is 2.32. The number of aromatic nitrogens is 3. The molecule has 0 spiro atoms. The Morgan fingerprint density at radius 2 is 1.89 bits per heavy atom. The van der Waals surface area contributed by atoms with Crippen molar-refractivity contribution in [1.29, 1.82) is 0 Å². The van der Waals surface area contributed by atoms with Crippen LogP contribution in [-0.2, 0) is 7.05 Å². The highest BCUT2D eigenvalue weighted by atomic mass is 19.3. The van der Waals surface area contributed by atoms with E-state index in [9.17, 15) is 13.6 Å². The van der Waals surface area contributed by atoms with Gasteiger partial charge in [-0.15, -0.1) is 0 Å². The van der Waals surface area contributed by atoms with E-state index in [1.807, 2.05) is 29.9 Å². The molecule has 0 aliphatic rings. The van der Waals surface area contributed by atoms with Crippen molar-refractivity contribution in [2.24, 2.45) is 7.05 Å². The first-order chi connectivity index (χ1) is 13.0. The number of carbonyl (C=O) groups is 1. The average Bonchev–Trinajstić information content (AvgIpc) is 3.16. The van der Waals surface area contributed by atoms with Crippen molar-refractivity contribution < 1.29 is 18.3 Å². The van der Waals surface area contributed by atoms with E-state index in [0.717, 1.165) is 22.0 Å². The Labute approximate surface area is 152 Å². The summed E-state index contributed by atoms with van der Waals surface area (Å²) in [7, 11) is 3.40. The van der Waals surface area contributed by atoms with Gasteiger partial charge in [-0.2, -0.15) is 13.9 Å². The fourth-order valence-corrected chi connectivity index (χ4v) is 3.22. The maximum absolute atomic E-state index is 12.4. The number of hydrogen-bond donors (Lipinski definition) is 1. The predicted molar refractivity (Wildman–Crippen MR) is 97.6 cm³/mol. The maximum Gasteiger partial charge on any atom is 0.387 e. The number of fused-ring (bicyclic) bond motifs is 3. The number of rotatable bonds is 4. The molecule has 0 unspecified atom stereocenters. The Morgan fingerprint density at radius 3 is 2.56 bits per heavy atom. The van der Waals surface area contributed by atoms with Gasteiger partial charge in [0.05, 0.1) is 5.52 Å². The Morgan fingerprint density at radius 1 is 1.15 bits per heavy atom. The van der Waals surface area contributed by atoms with E-state index in [1.165, 1.54) is 12.1 Å². The third kappa shape index (κ3) is 2.88. The quantitative estimate of drug-likeness (QED) is 0.598. The van der Waals surface area contributed by atoms with Gasteiger partial charge in [-0.1, -0.05) is 0 Å². The van der Waals surface area contributed by atoms with Crippen LogP contribution in [0.5, 0.6) is 5.75 Å². The molecule has 4 aromatic rings. The van der Waals surface area contributed by atoms with Gasteiger partial charge in [0, 0.05) is 42.3 Å². The molecule has 4 rings (SSSR count). The molecule has 0 saturated heterocycles. The second-order valence-corrected chi connectivity index (χ2v) is 6.06. The lowest BCUT2D eigenvalue weighted by Crippen LogP contribution is -2.17. The average molecular weight is 370 g/mol.